The van der Waals surface area contributed by atoms with Gasteiger partial charge in [-0.15, -0.1) is 20.4 Å². The van der Waals surface area contributed by atoms with Crippen molar-refractivity contribution in [1.82, 2.24) is 49.3 Å². The molecule has 0 spiro atoms. The lowest BCUT2D eigenvalue weighted by Crippen LogP contribution is -2.14. The highest BCUT2D eigenvalue weighted by Crippen LogP contribution is 2.32. The smallest absolute Gasteiger partial charge is 0.213 e. The Hall–Kier alpha value is -4.90. The van der Waals surface area contributed by atoms with Gasteiger partial charge in [0.25, 0.3) is 0 Å². The molecule has 0 N–H and O–H groups in total. The molecule has 0 atom stereocenters. The zero-order valence-electron chi connectivity index (χ0n) is 28.1. The van der Waals surface area contributed by atoms with Gasteiger partial charge >= 0.3 is 0 Å². The van der Waals surface area contributed by atoms with Gasteiger partial charge in [0.2, 0.25) is 20.6 Å². The quantitative estimate of drug-likeness (QED) is 0.133. The Kier molecular flexibility index (Phi) is 9.04. The number of rotatable bonds is 10. The van der Waals surface area contributed by atoms with E-state index in [0.717, 1.165) is 77.4 Å². The highest BCUT2D eigenvalue weighted by atomic mass is 32.2. The zero-order valence-corrected chi connectivity index (χ0v) is 31.3. The minimum Gasteiger partial charge on any atom is -0.237 e. The van der Waals surface area contributed by atoms with Crippen LogP contribution in [-0.2, 0) is 11.5 Å². The van der Waals surface area contributed by atoms with Crippen LogP contribution >= 0.6 is 47.0 Å². The van der Waals surface area contributed by atoms with E-state index in [2.05, 4.69) is 93.0 Å². The van der Waals surface area contributed by atoms with Crippen molar-refractivity contribution in [2.75, 3.05) is 11.5 Å². The predicted molar refractivity (Wildman–Crippen MR) is 208 cm³/mol. The van der Waals surface area contributed by atoms with Gasteiger partial charge in [-0.2, -0.15) is 29.8 Å². The summed E-state index contributed by atoms with van der Waals surface area (Å²) in [5, 5.41) is 40.1. The molecule has 0 fully saturated rings. The van der Waals surface area contributed by atoms with Crippen molar-refractivity contribution in [2.24, 2.45) is 10.2 Å². The summed E-state index contributed by atoms with van der Waals surface area (Å²) in [5.74, 6) is 2.93. The number of thioether (sulfide) groups is 4. The maximum atomic E-state index is 4.97. The Morgan fingerprint density at radius 1 is 0.558 bits per heavy atom. The molecule has 0 saturated carbocycles. The van der Waals surface area contributed by atoms with Crippen LogP contribution in [0.15, 0.2) is 128 Å². The number of benzene rings is 3. The summed E-state index contributed by atoms with van der Waals surface area (Å²) in [7, 11) is 0. The highest BCUT2D eigenvalue weighted by Gasteiger charge is 2.24. The van der Waals surface area contributed by atoms with Crippen molar-refractivity contribution in [3.05, 3.63) is 131 Å². The van der Waals surface area contributed by atoms with E-state index >= 15 is 0 Å². The number of para-hydroxylation sites is 2. The summed E-state index contributed by atoms with van der Waals surface area (Å²) in [6, 6.07) is 29.0. The van der Waals surface area contributed by atoms with E-state index in [1.165, 1.54) is 11.1 Å². The molecule has 2 aliphatic heterocycles. The Labute approximate surface area is 316 Å². The summed E-state index contributed by atoms with van der Waals surface area (Å²) in [6.45, 7) is 4.16. The molecule has 2 aliphatic rings. The molecule has 12 nitrogen and oxygen atoms in total. The van der Waals surface area contributed by atoms with Crippen molar-refractivity contribution in [3.63, 3.8) is 0 Å². The molecule has 0 radical (unpaired) electrons. The first-order valence-corrected chi connectivity index (χ1v) is 20.4. The van der Waals surface area contributed by atoms with Gasteiger partial charge in [0.15, 0.2) is 0 Å². The number of nitrogens with zero attached hydrogens (tertiary/aromatic N) is 12. The predicted octanol–water partition coefficient (Wildman–Crippen LogP) is 7.16. The molecule has 52 heavy (non-hydrogen) atoms. The average molecular weight is 759 g/mol. The van der Waals surface area contributed by atoms with E-state index < -0.39 is 0 Å². The van der Waals surface area contributed by atoms with Crippen molar-refractivity contribution >= 4 is 58.5 Å². The van der Waals surface area contributed by atoms with E-state index in [0.29, 0.717) is 11.5 Å². The highest BCUT2D eigenvalue weighted by molar-refractivity contribution is 8.00. The molecule has 0 bridgehead atoms. The lowest BCUT2D eigenvalue weighted by molar-refractivity contribution is 0.693. The fourth-order valence-corrected chi connectivity index (χ4v) is 9.38. The van der Waals surface area contributed by atoms with Crippen molar-refractivity contribution in [2.45, 2.75) is 46.0 Å². The van der Waals surface area contributed by atoms with E-state index in [9.17, 15) is 0 Å². The molecule has 0 saturated heterocycles. The first-order valence-electron chi connectivity index (χ1n) is 16.5. The van der Waals surface area contributed by atoms with E-state index in [4.69, 9.17) is 10.2 Å². The van der Waals surface area contributed by atoms with Crippen LogP contribution in [0.4, 0.5) is 0 Å². The number of hydrogen-bond donors (Lipinski definition) is 0. The Bertz CT molecular complexity index is 2270. The van der Waals surface area contributed by atoms with Crippen LogP contribution in [0.25, 0.3) is 11.4 Å². The molecule has 0 unspecified atom stereocenters. The molecule has 0 amide bonds. The molecular weight excluding hydrogens is 729 g/mol. The second kappa shape index (κ2) is 14.3. The topological polar surface area (TPSA) is 122 Å². The lowest BCUT2D eigenvalue weighted by atomic mass is 10.2. The van der Waals surface area contributed by atoms with Crippen LogP contribution in [0, 0.1) is 13.8 Å². The summed E-state index contributed by atoms with van der Waals surface area (Å²) >= 11 is 6.54. The number of hydrogen-bond acceptors (Lipinski definition) is 12. The maximum Gasteiger partial charge on any atom is 0.213 e. The molecule has 16 heteroatoms. The average Bonchev–Trinajstić information content (AvgIpc) is 3.99. The summed E-state index contributed by atoms with van der Waals surface area (Å²) in [6.07, 6.45) is 3.80. The maximum absolute atomic E-state index is 4.97. The van der Waals surface area contributed by atoms with Crippen LogP contribution in [0.3, 0.4) is 0 Å². The molecule has 7 aromatic rings. The van der Waals surface area contributed by atoms with Crippen LogP contribution in [0.1, 0.15) is 33.6 Å². The largest absolute Gasteiger partial charge is 0.237 e. The van der Waals surface area contributed by atoms with Gasteiger partial charge in [-0.1, -0.05) is 108 Å². The lowest BCUT2D eigenvalue weighted by Gasteiger charge is -2.14. The second-order valence-electron chi connectivity index (χ2n) is 12.0. The van der Waals surface area contributed by atoms with Crippen LogP contribution in [0.2, 0.25) is 0 Å². The van der Waals surface area contributed by atoms with Gasteiger partial charge in [-0.3, -0.25) is 0 Å². The third kappa shape index (κ3) is 6.40. The minimum atomic E-state index is 0.716. The molecular formula is C36H30N12S4. The third-order valence-corrected chi connectivity index (χ3v) is 12.5. The van der Waals surface area contributed by atoms with Gasteiger partial charge < -0.3 is 0 Å². The monoisotopic (exact) mass is 758 g/mol. The molecule has 9 rings (SSSR count). The van der Waals surface area contributed by atoms with Gasteiger partial charge in [0.05, 0.1) is 46.6 Å². The zero-order chi connectivity index (χ0) is 35.0. The molecule has 258 valence electrons. The van der Waals surface area contributed by atoms with Crippen molar-refractivity contribution in [1.29, 1.82) is 0 Å². The van der Waals surface area contributed by atoms with Crippen molar-refractivity contribution in [3.8, 4) is 11.4 Å². The molecule has 0 aliphatic carbocycles. The van der Waals surface area contributed by atoms with E-state index in [1.807, 2.05) is 67.5 Å². The van der Waals surface area contributed by atoms with E-state index in [1.54, 1.807) is 47.0 Å². The minimum absolute atomic E-state index is 0.716. The number of fused-ring (bicyclic) bond motifs is 2. The standard InChI is InChI=1S/C36H30N12S4/c1-23-29(17-37-45(23)27-9-5-3-6-10-27)31-21-51-35-41-39-33(47(35)43-31)49-19-25-13-15-26(16-14-25)20-50-34-40-42-36-48(34)44-32(22-52-36)30-18-38-46(24(30)2)28-11-7-4-8-12-28/h3-18H,19-22H2,1-2H3. The van der Waals surface area contributed by atoms with Crippen LogP contribution in [0.5, 0.6) is 0 Å². The SMILES string of the molecule is Cc1c(C2=Nn3c(nnc3SCc3ccc(CSc4nnc5n4N=C(c4cnn(-c6ccccc6)c4C)CS5)cc3)SC2)cnn1-c1ccccc1. The first-order chi connectivity index (χ1) is 25.6. The van der Waals surface area contributed by atoms with Crippen LogP contribution < -0.4 is 0 Å². The van der Waals surface area contributed by atoms with Crippen LogP contribution in [-0.4, -0.2) is 72.2 Å². The fraction of sp³-hybridized carbons (Fsp3) is 0.167. The Morgan fingerprint density at radius 2 is 0.981 bits per heavy atom. The normalized spacial score (nSPS) is 13.8. The summed E-state index contributed by atoms with van der Waals surface area (Å²) < 4.78 is 7.63. The summed E-state index contributed by atoms with van der Waals surface area (Å²) in [5.41, 5.74) is 10.5. The van der Waals surface area contributed by atoms with Crippen molar-refractivity contribution < 1.29 is 0 Å². The molecule has 6 heterocycles. The van der Waals surface area contributed by atoms with E-state index in [-0.39, 0.29) is 0 Å². The molecule has 3 aromatic carbocycles. The second-order valence-corrected chi connectivity index (χ2v) is 15.8. The van der Waals surface area contributed by atoms with Gasteiger partial charge in [-0.05, 0) is 49.2 Å². The third-order valence-electron chi connectivity index (χ3n) is 8.69. The molecule has 4 aromatic heterocycles. The fourth-order valence-electron chi connectivity index (χ4n) is 5.94. The first kappa shape index (κ1) is 33.0. The Morgan fingerprint density at radius 3 is 1.40 bits per heavy atom. The summed E-state index contributed by atoms with van der Waals surface area (Å²) in [4.78, 5) is 0. The van der Waals surface area contributed by atoms with Gasteiger partial charge in [0, 0.05) is 34.1 Å². The van der Waals surface area contributed by atoms with Gasteiger partial charge in [0.1, 0.15) is 0 Å². The number of aromatic nitrogens is 10. The van der Waals surface area contributed by atoms with Gasteiger partial charge in [-0.25, -0.2) is 9.36 Å². The Balaban J connectivity index is 0.846.